The summed E-state index contributed by atoms with van der Waals surface area (Å²) in [7, 11) is 0. The Morgan fingerprint density at radius 3 is 3.07 bits per heavy atom. The first kappa shape index (κ1) is 11.5. The highest BCUT2D eigenvalue weighted by molar-refractivity contribution is 5.05. The molecular formula is C7H10FN3O4. The van der Waals surface area contributed by atoms with Crippen molar-refractivity contribution < 1.29 is 19.2 Å². The number of ether oxygens (including phenoxy) is 1. The van der Waals surface area contributed by atoms with Gasteiger partial charge in [-0.15, -0.1) is 0 Å². The van der Waals surface area contributed by atoms with Gasteiger partial charge in [-0.25, -0.2) is 8.96 Å². The molecule has 1 unspecified atom stereocenters. The first-order valence-corrected chi connectivity index (χ1v) is 4.04. The van der Waals surface area contributed by atoms with Crippen LogP contribution in [-0.2, 0) is 11.5 Å². The van der Waals surface area contributed by atoms with E-state index in [1.165, 1.54) is 12.4 Å². The summed E-state index contributed by atoms with van der Waals surface area (Å²) in [4.78, 5) is 13.2. The fourth-order valence-corrected chi connectivity index (χ4v) is 0.821. The zero-order valence-electron chi connectivity index (χ0n) is 7.96. The van der Waals surface area contributed by atoms with Crippen molar-refractivity contribution in [3.63, 3.8) is 0 Å². The molecular weight excluding hydrogens is 208 g/mol. The molecule has 1 atom stereocenters. The lowest BCUT2D eigenvalue weighted by Gasteiger charge is -2.18. The summed E-state index contributed by atoms with van der Waals surface area (Å²) < 4.78 is 17.9. The molecule has 0 radical (unpaired) electrons. The lowest BCUT2D eigenvalue weighted by atomic mass is 10.4. The van der Waals surface area contributed by atoms with Crippen molar-refractivity contribution in [2.45, 2.75) is 19.4 Å². The zero-order valence-corrected chi connectivity index (χ0v) is 7.96. The van der Waals surface area contributed by atoms with Crippen LogP contribution in [0, 0.1) is 10.1 Å². The van der Waals surface area contributed by atoms with E-state index in [2.05, 4.69) is 4.98 Å². The maximum absolute atomic E-state index is 12.1. The lowest BCUT2D eigenvalue weighted by molar-refractivity contribution is -0.398. The maximum atomic E-state index is 12.1. The number of hydrogen-bond donors (Lipinski definition) is 1. The number of nitrogens with zero attached hydrogens (tertiary/aromatic N) is 3. The van der Waals surface area contributed by atoms with Crippen molar-refractivity contribution in [1.29, 1.82) is 0 Å². The van der Waals surface area contributed by atoms with Crippen LogP contribution < -0.4 is 0 Å². The number of halogens is 1. The van der Waals surface area contributed by atoms with E-state index in [0.29, 0.717) is 0 Å². The predicted octanol–water partition coefficient (Wildman–Crippen LogP) is 0.443. The van der Waals surface area contributed by atoms with E-state index in [4.69, 9.17) is 9.84 Å². The average Bonchev–Trinajstić information content (AvgIpc) is 2.63. The number of aromatic nitrogens is 2. The molecule has 0 bridgehead atoms. The van der Waals surface area contributed by atoms with Crippen molar-refractivity contribution >= 4 is 5.95 Å². The van der Waals surface area contributed by atoms with E-state index in [1.54, 1.807) is 0 Å². The Kier molecular flexibility index (Phi) is 3.32. The highest BCUT2D eigenvalue weighted by Crippen LogP contribution is 2.12. The fraction of sp³-hybridized carbons (Fsp3) is 0.571. The highest BCUT2D eigenvalue weighted by atomic mass is 18.2. The summed E-state index contributed by atoms with van der Waals surface area (Å²) in [5, 5.41) is 19.6. The minimum absolute atomic E-state index is 0.340. The minimum Gasteiger partial charge on any atom is -0.390 e. The van der Waals surface area contributed by atoms with Gasteiger partial charge in [-0.2, -0.15) is 0 Å². The molecule has 0 aliphatic carbocycles. The van der Waals surface area contributed by atoms with Gasteiger partial charge >= 0.3 is 5.95 Å². The van der Waals surface area contributed by atoms with Crippen molar-refractivity contribution in [3.05, 3.63) is 22.5 Å². The van der Waals surface area contributed by atoms with Gasteiger partial charge in [-0.05, 0) is 11.8 Å². The van der Waals surface area contributed by atoms with Crippen LogP contribution in [0.5, 0.6) is 0 Å². The third-order valence-electron chi connectivity index (χ3n) is 1.62. The number of rotatable bonds is 5. The Morgan fingerprint density at radius 2 is 2.53 bits per heavy atom. The van der Waals surface area contributed by atoms with Gasteiger partial charge in [0.15, 0.2) is 12.5 Å². The molecule has 1 aromatic heterocycles. The molecule has 8 heteroatoms. The standard InChI is InChI=1S/C7H10FN3O4/c1-7(12,4-8)15-5-10-3-2-9-6(10)11(13)14/h2-3,12H,4-5H2,1H3/i8-1. The van der Waals surface area contributed by atoms with Crippen molar-refractivity contribution in [1.82, 2.24) is 9.55 Å². The molecule has 1 heterocycles. The Morgan fingerprint density at radius 1 is 1.87 bits per heavy atom. The fourth-order valence-electron chi connectivity index (χ4n) is 0.821. The van der Waals surface area contributed by atoms with Crippen molar-refractivity contribution in [2.24, 2.45) is 0 Å². The van der Waals surface area contributed by atoms with Crippen LogP contribution in [-0.4, -0.2) is 32.0 Å². The second-order valence-corrected chi connectivity index (χ2v) is 3.04. The molecule has 0 aliphatic heterocycles. The summed E-state index contributed by atoms with van der Waals surface area (Å²) in [6.45, 7) is -0.321. The largest absolute Gasteiger partial charge is 0.436 e. The summed E-state index contributed by atoms with van der Waals surface area (Å²) in [5.74, 6) is -2.37. The van der Waals surface area contributed by atoms with Crippen LogP contribution in [0.2, 0.25) is 0 Å². The maximum Gasteiger partial charge on any atom is 0.436 e. The molecule has 1 rings (SSSR count). The number of alkyl halides is 1. The molecule has 0 amide bonds. The number of imidazole rings is 1. The number of nitro groups is 1. The van der Waals surface area contributed by atoms with Crippen LogP contribution in [0.1, 0.15) is 6.92 Å². The molecule has 15 heavy (non-hydrogen) atoms. The summed E-state index contributed by atoms with van der Waals surface area (Å²) in [6, 6.07) is 0. The van der Waals surface area contributed by atoms with Gasteiger partial charge in [0, 0.05) is 0 Å². The third kappa shape index (κ3) is 2.96. The van der Waals surface area contributed by atoms with Gasteiger partial charge < -0.3 is 20.0 Å². The first-order valence-electron chi connectivity index (χ1n) is 4.04. The third-order valence-corrected chi connectivity index (χ3v) is 1.62. The highest BCUT2D eigenvalue weighted by Gasteiger charge is 2.23. The summed E-state index contributed by atoms with van der Waals surface area (Å²) in [6.07, 6.45) is 2.51. The molecule has 84 valence electrons. The SMILES string of the molecule is CC(O)(C[18F])OCn1ccnc1[N+](=O)[O-]. The molecule has 0 spiro atoms. The minimum atomic E-state index is -1.95. The monoisotopic (exact) mass is 218 g/mol. The van der Waals surface area contributed by atoms with Gasteiger partial charge in [0.2, 0.25) is 0 Å². The molecule has 0 aromatic carbocycles. The topological polar surface area (TPSA) is 90.4 Å². The van der Waals surface area contributed by atoms with Crippen LogP contribution in [0.25, 0.3) is 0 Å². The van der Waals surface area contributed by atoms with Crippen molar-refractivity contribution in [3.8, 4) is 0 Å². The molecule has 0 fully saturated rings. The van der Waals surface area contributed by atoms with Gasteiger partial charge in [0.25, 0.3) is 0 Å². The Bertz CT molecular complexity index is 352. The van der Waals surface area contributed by atoms with E-state index in [9.17, 15) is 14.5 Å². The van der Waals surface area contributed by atoms with Crippen molar-refractivity contribution in [2.75, 3.05) is 6.67 Å². The molecule has 0 saturated heterocycles. The molecule has 7 nitrogen and oxygen atoms in total. The van der Waals surface area contributed by atoms with Gasteiger partial charge in [-0.3, -0.25) is 0 Å². The molecule has 1 N–H and O–H groups in total. The van der Waals surface area contributed by atoms with E-state index in [-0.39, 0.29) is 6.73 Å². The predicted molar refractivity (Wildman–Crippen MR) is 46.6 cm³/mol. The van der Waals surface area contributed by atoms with Gasteiger partial charge in [0.05, 0.1) is 0 Å². The van der Waals surface area contributed by atoms with Gasteiger partial charge in [0.1, 0.15) is 19.1 Å². The first-order chi connectivity index (χ1) is 6.96. The number of hydrogen-bond acceptors (Lipinski definition) is 5. The summed E-state index contributed by atoms with van der Waals surface area (Å²) >= 11 is 0. The zero-order chi connectivity index (χ0) is 11.5. The van der Waals surface area contributed by atoms with Crippen LogP contribution in [0.3, 0.4) is 0 Å². The Balaban J connectivity index is 2.65. The summed E-state index contributed by atoms with van der Waals surface area (Å²) in [5.41, 5.74) is 0. The average molecular weight is 218 g/mol. The molecule has 0 saturated carbocycles. The Hall–Kier alpha value is -1.54. The van der Waals surface area contributed by atoms with Gasteiger partial charge in [-0.1, -0.05) is 4.98 Å². The molecule has 0 aliphatic rings. The quantitative estimate of drug-likeness (QED) is 0.440. The normalized spacial score (nSPS) is 14.9. The van der Waals surface area contributed by atoms with E-state index >= 15 is 0 Å². The number of aliphatic hydroxyl groups is 1. The van der Waals surface area contributed by atoms with Crippen LogP contribution in [0.4, 0.5) is 10.3 Å². The Labute approximate surface area is 84.3 Å². The second-order valence-electron chi connectivity index (χ2n) is 3.04. The second kappa shape index (κ2) is 4.32. The van der Waals surface area contributed by atoms with Crippen LogP contribution in [0.15, 0.2) is 12.4 Å². The van der Waals surface area contributed by atoms with E-state index in [1.807, 2.05) is 0 Å². The smallest absolute Gasteiger partial charge is 0.390 e. The molecule has 1 aromatic rings. The van der Waals surface area contributed by atoms with Crippen LogP contribution >= 0.6 is 0 Å². The van der Waals surface area contributed by atoms with E-state index in [0.717, 1.165) is 11.5 Å². The lowest BCUT2D eigenvalue weighted by Crippen LogP contribution is -2.31. The van der Waals surface area contributed by atoms with E-state index < -0.39 is 23.3 Å².